The number of anilines is 1. The third kappa shape index (κ3) is 3.36. The summed E-state index contributed by atoms with van der Waals surface area (Å²) in [5, 5.41) is 7.02. The molecule has 0 saturated heterocycles. The maximum Gasteiger partial charge on any atom is 0.339 e. The zero-order chi connectivity index (χ0) is 18.7. The second-order valence-corrected chi connectivity index (χ2v) is 6.15. The molecule has 2 heterocycles. The lowest BCUT2D eigenvalue weighted by atomic mass is 10.2. The molecule has 0 fully saturated rings. The van der Waals surface area contributed by atoms with Crippen molar-refractivity contribution in [2.45, 2.75) is 6.92 Å². The van der Waals surface area contributed by atoms with Crippen LogP contribution >= 0.6 is 15.9 Å². The molecule has 8 heteroatoms. The summed E-state index contributed by atoms with van der Waals surface area (Å²) in [5.74, 6) is -0.211. The van der Waals surface area contributed by atoms with E-state index >= 15 is 0 Å². The van der Waals surface area contributed by atoms with Crippen molar-refractivity contribution in [3.05, 3.63) is 70.1 Å². The average molecular weight is 415 g/mol. The number of rotatable bonds is 4. The standard InChI is InChI=1S/C18H15BrN4O3/c1-11-13(10-21-23(11)15-8-3-4-9-20-15)17(24)22-14-7-5-6-12(16(14)19)18(25)26-2/h3-10H,1-2H3,(H,22,24). The van der Waals surface area contributed by atoms with Crippen LogP contribution in [-0.2, 0) is 4.74 Å². The summed E-state index contributed by atoms with van der Waals surface area (Å²) in [6, 6.07) is 10.4. The predicted molar refractivity (Wildman–Crippen MR) is 99.5 cm³/mol. The van der Waals surface area contributed by atoms with E-state index in [0.717, 1.165) is 0 Å². The summed E-state index contributed by atoms with van der Waals surface area (Å²) in [5.41, 5.74) is 1.85. The first kappa shape index (κ1) is 17.8. The highest BCUT2D eigenvalue weighted by Crippen LogP contribution is 2.27. The fourth-order valence-electron chi connectivity index (χ4n) is 2.43. The van der Waals surface area contributed by atoms with E-state index < -0.39 is 5.97 Å². The Balaban J connectivity index is 1.88. The number of carbonyl (C=O) groups excluding carboxylic acids is 2. The summed E-state index contributed by atoms with van der Waals surface area (Å²) in [6.45, 7) is 1.79. The fourth-order valence-corrected chi connectivity index (χ4v) is 2.95. The number of aromatic nitrogens is 3. The van der Waals surface area contributed by atoms with Gasteiger partial charge in [-0.05, 0) is 47.1 Å². The Morgan fingerprint density at radius 3 is 2.65 bits per heavy atom. The van der Waals surface area contributed by atoms with E-state index in [1.165, 1.54) is 13.3 Å². The predicted octanol–water partition coefficient (Wildman–Crippen LogP) is 3.38. The number of hydrogen-bond donors (Lipinski definition) is 1. The van der Waals surface area contributed by atoms with Crippen LogP contribution in [0.3, 0.4) is 0 Å². The van der Waals surface area contributed by atoms with Gasteiger partial charge >= 0.3 is 5.97 Å². The van der Waals surface area contributed by atoms with Gasteiger partial charge in [0, 0.05) is 6.20 Å². The number of nitrogens with one attached hydrogen (secondary N) is 1. The molecule has 0 atom stereocenters. The number of ether oxygens (including phenoxy) is 1. The van der Waals surface area contributed by atoms with E-state index in [1.54, 1.807) is 42.1 Å². The summed E-state index contributed by atoms with van der Waals surface area (Å²) in [7, 11) is 1.30. The second-order valence-electron chi connectivity index (χ2n) is 5.36. The molecule has 0 radical (unpaired) electrons. The maximum absolute atomic E-state index is 12.7. The van der Waals surface area contributed by atoms with Crippen molar-refractivity contribution in [3.8, 4) is 5.82 Å². The fraction of sp³-hybridized carbons (Fsp3) is 0.111. The first-order valence-electron chi connectivity index (χ1n) is 7.67. The van der Waals surface area contributed by atoms with Crippen LogP contribution < -0.4 is 5.32 Å². The van der Waals surface area contributed by atoms with Crippen molar-refractivity contribution < 1.29 is 14.3 Å². The van der Waals surface area contributed by atoms with Gasteiger partial charge in [-0.2, -0.15) is 5.10 Å². The number of esters is 1. The number of methoxy groups -OCH3 is 1. The van der Waals surface area contributed by atoms with Gasteiger partial charge in [0.15, 0.2) is 5.82 Å². The molecule has 0 unspecified atom stereocenters. The molecule has 3 rings (SSSR count). The highest BCUT2D eigenvalue weighted by Gasteiger charge is 2.19. The molecule has 0 spiro atoms. The lowest BCUT2D eigenvalue weighted by Gasteiger charge is -2.10. The Labute approximate surface area is 158 Å². The number of hydrogen-bond acceptors (Lipinski definition) is 5. The molecule has 26 heavy (non-hydrogen) atoms. The smallest absolute Gasteiger partial charge is 0.339 e. The van der Waals surface area contributed by atoms with E-state index in [1.807, 2.05) is 12.1 Å². The van der Waals surface area contributed by atoms with Crippen LogP contribution in [-0.4, -0.2) is 33.8 Å². The quantitative estimate of drug-likeness (QED) is 0.661. The van der Waals surface area contributed by atoms with Gasteiger partial charge in [-0.3, -0.25) is 4.79 Å². The van der Waals surface area contributed by atoms with E-state index in [-0.39, 0.29) is 5.91 Å². The van der Waals surface area contributed by atoms with Crippen molar-refractivity contribution >= 4 is 33.5 Å². The SMILES string of the molecule is COC(=O)c1cccc(NC(=O)c2cnn(-c3ccccn3)c2C)c1Br. The number of benzene rings is 1. The number of amides is 1. The molecule has 0 saturated carbocycles. The number of carbonyl (C=O) groups is 2. The van der Waals surface area contributed by atoms with Crippen molar-refractivity contribution in [2.75, 3.05) is 12.4 Å². The van der Waals surface area contributed by atoms with Gasteiger partial charge in [-0.25, -0.2) is 14.5 Å². The molecular formula is C18H15BrN4O3. The lowest BCUT2D eigenvalue weighted by Crippen LogP contribution is -2.14. The Morgan fingerprint density at radius 1 is 1.15 bits per heavy atom. The van der Waals surface area contributed by atoms with E-state index in [0.29, 0.717) is 32.8 Å². The van der Waals surface area contributed by atoms with Crippen LogP contribution in [0.15, 0.2) is 53.3 Å². The van der Waals surface area contributed by atoms with E-state index in [4.69, 9.17) is 4.74 Å². The van der Waals surface area contributed by atoms with E-state index in [9.17, 15) is 9.59 Å². The zero-order valence-electron chi connectivity index (χ0n) is 14.1. The van der Waals surface area contributed by atoms with Gasteiger partial charge in [0.25, 0.3) is 5.91 Å². The minimum absolute atomic E-state index is 0.325. The number of pyridine rings is 1. The summed E-state index contributed by atoms with van der Waals surface area (Å²) in [4.78, 5) is 28.7. The largest absolute Gasteiger partial charge is 0.465 e. The van der Waals surface area contributed by atoms with Crippen molar-refractivity contribution in [1.82, 2.24) is 14.8 Å². The lowest BCUT2D eigenvalue weighted by molar-refractivity contribution is 0.0599. The van der Waals surface area contributed by atoms with Crippen LogP contribution in [0.1, 0.15) is 26.4 Å². The molecule has 0 aliphatic carbocycles. The number of halogens is 1. The average Bonchev–Trinajstić information content (AvgIpc) is 3.05. The molecule has 2 aromatic heterocycles. The summed E-state index contributed by atoms with van der Waals surface area (Å²) < 4.78 is 6.78. The van der Waals surface area contributed by atoms with Crippen molar-refractivity contribution in [1.29, 1.82) is 0 Å². The zero-order valence-corrected chi connectivity index (χ0v) is 15.6. The van der Waals surface area contributed by atoms with Crippen LogP contribution in [0.5, 0.6) is 0 Å². The van der Waals surface area contributed by atoms with Crippen molar-refractivity contribution in [2.24, 2.45) is 0 Å². The highest BCUT2D eigenvalue weighted by molar-refractivity contribution is 9.10. The number of nitrogens with zero attached hydrogens (tertiary/aromatic N) is 3. The Hall–Kier alpha value is -3.00. The van der Waals surface area contributed by atoms with Crippen LogP contribution in [0.4, 0.5) is 5.69 Å². The minimum atomic E-state index is -0.493. The van der Waals surface area contributed by atoms with Gasteiger partial charge in [-0.15, -0.1) is 0 Å². The summed E-state index contributed by atoms with van der Waals surface area (Å²) >= 11 is 3.34. The van der Waals surface area contributed by atoms with Gasteiger partial charge in [0.1, 0.15) is 0 Å². The van der Waals surface area contributed by atoms with E-state index in [2.05, 4.69) is 31.3 Å². The van der Waals surface area contributed by atoms with Crippen LogP contribution in [0.25, 0.3) is 5.82 Å². The first-order valence-corrected chi connectivity index (χ1v) is 8.46. The van der Waals surface area contributed by atoms with Gasteiger partial charge in [0.2, 0.25) is 0 Å². The Morgan fingerprint density at radius 2 is 1.96 bits per heavy atom. The highest BCUT2D eigenvalue weighted by atomic mass is 79.9. The monoisotopic (exact) mass is 414 g/mol. The van der Waals surface area contributed by atoms with Gasteiger partial charge < -0.3 is 10.1 Å². The molecule has 1 aromatic carbocycles. The molecule has 132 valence electrons. The molecule has 3 aromatic rings. The van der Waals surface area contributed by atoms with Crippen molar-refractivity contribution in [3.63, 3.8) is 0 Å². The molecule has 7 nitrogen and oxygen atoms in total. The van der Waals surface area contributed by atoms with Crippen LogP contribution in [0, 0.1) is 6.92 Å². The molecular weight excluding hydrogens is 400 g/mol. The topological polar surface area (TPSA) is 86.1 Å². The molecule has 0 aliphatic heterocycles. The van der Waals surface area contributed by atoms with Gasteiger partial charge in [0.05, 0.1) is 40.3 Å². The molecule has 1 N–H and O–H groups in total. The van der Waals surface area contributed by atoms with Gasteiger partial charge in [-0.1, -0.05) is 12.1 Å². The maximum atomic E-state index is 12.7. The normalized spacial score (nSPS) is 10.4. The third-order valence-electron chi connectivity index (χ3n) is 3.77. The first-order chi connectivity index (χ1) is 12.5. The Kier molecular flexibility index (Phi) is 5.13. The third-order valence-corrected chi connectivity index (χ3v) is 4.63. The molecule has 0 bridgehead atoms. The summed E-state index contributed by atoms with van der Waals surface area (Å²) in [6.07, 6.45) is 3.14. The minimum Gasteiger partial charge on any atom is -0.465 e. The molecule has 1 amide bonds. The van der Waals surface area contributed by atoms with Crippen LogP contribution in [0.2, 0.25) is 0 Å². The molecule has 0 aliphatic rings. The Bertz CT molecular complexity index is 970. The second kappa shape index (κ2) is 7.49.